The van der Waals surface area contributed by atoms with Crippen LogP contribution < -0.4 is 5.32 Å². The fourth-order valence-corrected chi connectivity index (χ4v) is 2.06. The molecule has 1 aliphatic rings. The summed E-state index contributed by atoms with van der Waals surface area (Å²) in [5, 5.41) is 12.1. The number of anilines is 1. The minimum Gasteiger partial charge on any atom is -0.465 e. The Morgan fingerprint density at radius 1 is 1.59 bits per heavy atom. The lowest BCUT2D eigenvalue weighted by molar-refractivity contribution is 0.134. The van der Waals surface area contributed by atoms with Gasteiger partial charge in [-0.1, -0.05) is 0 Å². The molecule has 0 radical (unpaired) electrons. The molecular weight excluding hydrogens is 240 g/mol. The third kappa shape index (κ3) is 3.16. The summed E-state index contributed by atoms with van der Waals surface area (Å²) in [5.41, 5.74) is 0. The van der Waals surface area contributed by atoms with Gasteiger partial charge < -0.3 is 20.3 Å². The van der Waals surface area contributed by atoms with E-state index in [1.165, 1.54) is 4.90 Å². The van der Waals surface area contributed by atoms with E-state index in [2.05, 4.69) is 15.3 Å². The van der Waals surface area contributed by atoms with Crippen LogP contribution in [0.15, 0.2) is 12.3 Å². The van der Waals surface area contributed by atoms with E-state index in [1.54, 1.807) is 6.20 Å². The lowest BCUT2D eigenvalue weighted by Crippen LogP contribution is -2.41. The van der Waals surface area contributed by atoms with Gasteiger partial charge in [0.1, 0.15) is 5.82 Å². The van der Waals surface area contributed by atoms with E-state index in [0.717, 1.165) is 18.7 Å². The van der Waals surface area contributed by atoms with Crippen molar-refractivity contribution in [2.45, 2.75) is 18.9 Å². The third-order valence-corrected chi connectivity index (χ3v) is 3.01. The van der Waals surface area contributed by atoms with Gasteiger partial charge in [-0.05, 0) is 31.1 Å². The van der Waals surface area contributed by atoms with Crippen LogP contribution in [0.4, 0.5) is 10.6 Å². The van der Waals surface area contributed by atoms with Gasteiger partial charge in [-0.2, -0.15) is 0 Å². The van der Waals surface area contributed by atoms with E-state index >= 15 is 0 Å². The fourth-order valence-electron chi connectivity index (χ4n) is 1.89. The molecule has 1 aliphatic heterocycles. The van der Waals surface area contributed by atoms with Crippen LogP contribution in [0.5, 0.6) is 0 Å². The maximum Gasteiger partial charge on any atom is 0.407 e. The molecule has 2 heterocycles. The standard InChI is InChI=1S/C10H14N4O2S/c15-10(16)14-5-2-7(3-6-14)12-8-1-4-11-9(17)13-8/h1,4,7H,2-3,5-6H2,(H,15,16)(H2,11,12,13,17). The summed E-state index contributed by atoms with van der Waals surface area (Å²) < 4.78 is 0.443. The van der Waals surface area contributed by atoms with Crippen molar-refractivity contribution in [1.82, 2.24) is 14.9 Å². The first kappa shape index (κ1) is 11.8. The molecule has 1 aromatic heterocycles. The van der Waals surface area contributed by atoms with Crippen molar-refractivity contribution in [3.05, 3.63) is 17.0 Å². The maximum absolute atomic E-state index is 10.7. The maximum atomic E-state index is 10.7. The first-order valence-electron chi connectivity index (χ1n) is 5.45. The molecule has 1 fully saturated rings. The van der Waals surface area contributed by atoms with Crippen LogP contribution in [-0.2, 0) is 0 Å². The molecule has 0 saturated carbocycles. The highest BCUT2D eigenvalue weighted by Gasteiger charge is 2.21. The summed E-state index contributed by atoms with van der Waals surface area (Å²) in [6, 6.07) is 2.10. The molecular formula is C10H14N4O2S. The van der Waals surface area contributed by atoms with Gasteiger partial charge in [0.05, 0.1) is 0 Å². The molecule has 92 valence electrons. The van der Waals surface area contributed by atoms with Gasteiger partial charge in [-0.3, -0.25) is 0 Å². The lowest BCUT2D eigenvalue weighted by Gasteiger charge is -2.30. The van der Waals surface area contributed by atoms with Gasteiger partial charge in [0, 0.05) is 25.3 Å². The summed E-state index contributed by atoms with van der Waals surface area (Å²) in [6.45, 7) is 1.14. The van der Waals surface area contributed by atoms with Gasteiger partial charge in [0.15, 0.2) is 4.77 Å². The minimum atomic E-state index is -0.841. The van der Waals surface area contributed by atoms with Crippen LogP contribution in [0.25, 0.3) is 0 Å². The van der Waals surface area contributed by atoms with Gasteiger partial charge in [-0.25, -0.2) is 9.78 Å². The zero-order valence-corrected chi connectivity index (χ0v) is 10.0. The smallest absolute Gasteiger partial charge is 0.407 e. The van der Waals surface area contributed by atoms with Crippen LogP contribution in [0, 0.1) is 4.77 Å². The summed E-state index contributed by atoms with van der Waals surface area (Å²) in [5.74, 6) is 0.832. The van der Waals surface area contributed by atoms with Crippen LogP contribution in [0.1, 0.15) is 12.8 Å². The summed E-state index contributed by atoms with van der Waals surface area (Å²) in [6.07, 6.45) is 2.41. The first-order chi connectivity index (χ1) is 8.15. The van der Waals surface area contributed by atoms with Crippen molar-refractivity contribution < 1.29 is 9.90 Å². The Hall–Kier alpha value is -1.63. The Labute approximate surface area is 104 Å². The molecule has 1 amide bonds. The zero-order valence-electron chi connectivity index (χ0n) is 9.22. The monoisotopic (exact) mass is 254 g/mol. The van der Waals surface area contributed by atoms with Gasteiger partial charge in [-0.15, -0.1) is 0 Å². The quantitative estimate of drug-likeness (QED) is 0.700. The zero-order chi connectivity index (χ0) is 12.3. The highest BCUT2D eigenvalue weighted by atomic mass is 32.1. The number of piperidine rings is 1. The Bertz CT molecular complexity index is 454. The number of amides is 1. The minimum absolute atomic E-state index is 0.277. The van der Waals surface area contributed by atoms with E-state index in [4.69, 9.17) is 17.3 Å². The second-order valence-electron chi connectivity index (χ2n) is 3.98. The average Bonchev–Trinajstić information content (AvgIpc) is 2.29. The number of rotatable bonds is 2. The Balaban J connectivity index is 1.90. The topological polar surface area (TPSA) is 81.2 Å². The normalized spacial score (nSPS) is 16.8. The number of hydrogen-bond acceptors (Lipinski definition) is 4. The first-order valence-corrected chi connectivity index (χ1v) is 5.86. The highest BCUT2D eigenvalue weighted by Crippen LogP contribution is 2.14. The Kier molecular flexibility index (Phi) is 3.58. The summed E-state index contributed by atoms with van der Waals surface area (Å²) in [4.78, 5) is 19.0. The van der Waals surface area contributed by atoms with Gasteiger partial charge in [0.2, 0.25) is 0 Å². The number of aromatic amines is 1. The molecule has 2 rings (SSSR count). The van der Waals surface area contributed by atoms with Crippen molar-refractivity contribution in [1.29, 1.82) is 0 Å². The molecule has 0 unspecified atom stereocenters. The highest BCUT2D eigenvalue weighted by molar-refractivity contribution is 7.71. The molecule has 1 saturated heterocycles. The number of aromatic nitrogens is 2. The number of hydrogen-bond donors (Lipinski definition) is 3. The van der Waals surface area contributed by atoms with Crippen molar-refractivity contribution in [2.24, 2.45) is 0 Å². The van der Waals surface area contributed by atoms with Gasteiger partial charge >= 0.3 is 6.09 Å². The number of nitrogens with one attached hydrogen (secondary N) is 2. The Morgan fingerprint density at radius 3 is 2.88 bits per heavy atom. The molecule has 1 aromatic rings. The van der Waals surface area contributed by atoms with Crippen LogP contribution in [-0.4, -0.2) is 45.2 Å². The van der Waals surface area contributed by atoms with E-state index in [1.807, 2.05) is 6.07 Å². The second-order valence-corrected chi connectivity index (χ2v) is 4.36. The molecule has 6 nitrogen and oxygen atoms in total. The van der Waals surface area contributed by atoms with Gasteiger partial charge in [0.25, 0.3) is 0 Å². The third-order valence-electron chi connectivity index (χ3n) is 2.80. The molecule has 0 aromatic carbocycles. The van der Waals surface area contributed by atoms with Crippen LogP contribution >= 0.6 is 12.2 Å². The number of carboxylic acid groups (broad SMARTS) is 1. The number of nitrogens with zero attached hydrogens (tertiary/aromatic N) is 2. The van der Waals surface area contributed by atoms with Crippen LogP contribution in [0.2, 0.25) is 0 Å². The van der Waals surface area contributed by atoms with Crippen molar-refractivity contribution >= 4 is 24.1 Å². The predicted molar refractivity (Wildman–Crippen MR) is 65.7 cm³/mol. The average molecular weight is 254 g/mol. The summed E-state index contributed by atoms with van der Waals surface area (Å²) in [7, 11) is 0. The molecule has 0 atom stereocenters. The molecule has 17 heavy (non-hydrogen) atoms. The molecule has 0 aliphatic carbocycles. The van der Waals surface area contributed by atoms with E-state index in [0.29, 0.717) is 17.9 Å². The van der Waals surface area contributed by atoms with Crippen molar-refractivity contribution in [3.63, 3.8) is 0 Å². The Morgan fingerprint density at radius 2 is 2.29 bits per heavy atom. The molecule has 0 spiro atoms. The molecule has 0 bridgehead atoms. The van der Waals surface area contributed by atoms with E-state index in [-0.39, 0.29) is 6.04 Å². The lowest BCUT2D eigenvalue weighted by atomic mass is 10.1. The summed E-state index contributed by atoms with van der Waals surface area (Å²) >= 11 is 4.93. The number of likely N-dealkylation sites (tertiary alicyclic amines) is 1. The van der Waals surface area contributed by atoms with E-state index in [9.17, 15) is 4.79 Å². The van der Waals surface area contributed by atoms with Crippen molar-refractivity contribution in [3.8, 4) is 0 Å². The number of H-pyrrole nitrogens is 1. The largest absolute Gasteiger partial charge is 0.465 e. The fraction of sp³-hybridized carbons (Fsp3) is 0.500. The van der Waals surface area contributed by atoms with E-state index < -0.39 is 6.09 Å². The molecule has 3 N–H and O–H groups in total. The predicted octanol–water partition coefficient (Wildman–Crippen LogP) is 1.69. The molecule has 7 heteroatoms. The van der Waals surface area contributed by atoms with Crippen LogP contribution in [0.3, 0.4) is 0 Å². The number of carbonyl (C=O) groups is 1. The van der Waals surface area contributed by atoms with Crippen molar-refractivity contribution in [2.75, 3.05) is 18.4 Å². The second kappa shape index (κ2) is 5.13. The SMILES string of the molecule is O=C(O)N1CCC(Nc2ccnc(=S)[nH]2)CC1.